The van der Waals surface area contributed by atoms with Crippen LogP contribution in [0.5, 0.6) is 5.75 Å². The topological polar surface area (TPSA) is 70.2 Å². The van der Waals surface area contributed by atoms with Gasteiger partial charge in [-0.3, -0.25) is 9.59 Å². The van der Waals surface area contributed by atoms with Gasteiger partial charge in [-0.05, 0) is 43.5 Å². The van der Waals surface area contributed by atoms with Crippen LogP contribution in [0.15, 0.2) is 21.7 Å². The lowest BCUT2D eigenvalue weighted by Crippen LogP contribution is -2.22. The molecule has 0 aliphatic carbocycles. The van der Waals surface area contributed by atoms with Gasteiger partial charge in [-0.2, -0.15) is 0 Å². The largest absolute Gasteiger partial charge is 0.507 e. The lowest BCUT2D eigenvalue weighted by Gasteiger charge is -2.07. The lowest BCUT2D eigenvalue weighted by atomic mass is 10.0. The number of benzene rings is 1. The Labute approximate surface area is 97.6 Å². The van der Waals surface area contributed by atoms with Gasteiger partial charge in [0.25, 0.3) is 5.56 Å². The van der Waals surface area contributed by atoms with Gasteiger partial charge in [0.05, 0.1) is 5.52 Å². The maximum absolute atomic E-state index is 11.5. The normalized spacial score (nSPS) is 10.8. The van der Waals surface area contributed by atoms with Gasteiger partial charge in [-0.1, -0.05) is 0 Å². The summed E-state index contributed by atoms with van der Waals surface area (Å²) in [4.78, 5) is 25.3. The standard InChI is InChI=1S/C13H13NO3/c1-6-4-9-10(15)5-11(16)13(17)14-12(9)8(3)7(6)2/h4-5,15H,1-3H3,(H,14,16,17). The number of aromatic amines is 1. The highest BCUT2D eigenvalue weighted by molar-refractivity contribution is 5.88. The number of aromatic nitrogens is 1. The molecule has 0 fully saturated rings. The molecular formula is C13H13NO3. The summed E-state index contributed by atoms with van der Waals surface area (Å²) in [7, 11) is 0. The quantitative estimate of drug-likeness (QED) is 0.675. The number of fused-ring (bicyclic) bond motifs is 1. The van der Waals surface area contributed by atoms with Crippen molar-refractivity contribution in [2.45, 2.75) is 20.8 Å². The van der Waals surface area contributed by atoms with E-state index >= 15 is 0 Å². The van der Waals surface area contributed by atoms with Gasteiger partial charge < -0.3 is 10.1 Å². The van der Waals surface area contributed by atoms with Crippen molar-refractivity contribution in [3.05, 3.63) is 49.4 Å². The van der Waals surface area contributed by atoms with Crippen molar-refractivity contribution in [3.63, 3.8) is 0 Å². The van der Waals surface area contributed by atoms with Crippen LogP contribution < -0.4 is 11.0 Å². The molecule has 2 rings (SSSR count). The number of aromatic hydroxyl groups is 1. The molecule has 0 bridgehead atoms. The van der Waals surface area contributed by atoms with Crippen LogP contribution in [-0.2, 0) is 0 Å². The summed E-state index contributed by atoms with van der Waals surface area (Å²) in [6.07, 6.45) is 0. The summed E-state index contributed by atoms with van der Waals surface area (Å²) in [6, 6.07) is 2.72. The SMILES string of the molecule is Cc1cc2c(O)cc(=O)c(=O)[nH]c2c(C)c1C. The summed E-state index contributed by atoms with van der Waals surface area (Å²) < 4.78 is 0. The maximum Gasteiger partial charge on any atom is 0.296 e. The molecule has 1 heterocycles. The van der Waals surface area contributed by atoms with Crippen LogP contribution in [0.3, 0.4) is 0 Å². The van der Waals surface area contributed by atoms with Gasteiger partial charge in [-0.15, -0.1) is 0 Å². The number of H-pyrrole nitrogens is 1. The molecule has 0 saturated heterocycles. The molecule has 88 valence electrons. The van der Waals surface area contributed by atoms with Crippen LogP contribution in [0.4, 0.5) is 0 Å². The molecule has 0 spiro atoms. The molecule has 0 saturated carbocycles. The highest BCUT2D eigenvalue weighted by Crippen LogP contribution is 2.26. The van der Waals surface area contributed by atoms with E-state index in [1.54, 1.807) is 6.07 Å². The van der Waals surface area contributed by atoms with E-state index in [4.69, 9.17) is 0 Å². The smallest absolute Gasteiger partial charge is 0.296 e. The van der Waals surface area contributed by atoms with E-state index in [2.05, 4.69) is 4.98 Å². The number of nitrogens with one attached hydrogen (secondary N) is 1. The fourth-order valence-corrected chi connectivity index (χ4v) is 1.89. The van der Waals surface area contributed by atoms with Crippen LogP contribution >= 0.6 is 0 Å². The molecule has 17 heavy (non-hydrogen) atoms. The van der Waals surface area contributed by atoms with Crippen LogP contribution in [-0.4, -0.2) is 10.1 Å². The number of aryl methyl sites for hydroxylation is 2. The monoisotopic (exact) mass is 231 g/mol. The third-order valence-electron chi connectivity index (χ3n) is 3.17. The molecule has 0 unspecified atom stereocenters. The Morgan fingerprint density at radius 2 is 1.71 bits per heavy atom. The number of rotatable bonds is 0. The molecular weight excluding hydrogens is 218 g/mol. The van der Waals surface area contributed by atoms with E-state index in [-0.39, 0.29) is 5.75 Å². The van der Waals surface area contributed by atoms with Gasteiger partial charge in [0.1, 0.15) is 5.75 Å². The van der Waals surface area contributed by atoms with Gasteiger partial charge in [-0.25, -0.2) is 0 Å². The van der Waals surface area contributed by atoms with Crippen molar-refractivity contribution in [2.75, 3.05) is 0 Å². The first-order valence-electron chi connectivity index (χ1n) is 5.29. The van der Waals surface area contributed by atoms with Gasteiger partial charge in [0.15, 0.2) is 0 Å². The van der Waals surface area contributed by atoms with E-state index in [1.807, 2.05) is 20.8 Å². The zero-order valence-electron chi connectivity index (χ0n) is 9.92. The zero-order chi connectivity index (χ0) is 12.7. The molecule has 1 aromatic heterocycles. The Bertz CT molecular complexity index is 729. The second kappa shape index (κ2) is 3.73. The second-order valence-corrected chi connectivity index (χ2v) is 4.21. The van der Waals surface area contributed by atoms with Gasteiger partial charge >= 0.3 is 0 Å². The van der Waals surface area contributed by atoms with E-state index in [0.29, 0.717) is 10.9 Å². The molecule has 0 atom stereocenters. The first-order valence-corrected chi connectivity index (χ1v) is 5.29. The third kappa shape index (κ3) is 1.71. The molecule has 2 N–H and O–H groups in total. The van der Waals surface area contributed by atoms with Crippen molar-refractivity contribution < 1.29 is 5.11 Å². The average molecular weight is 231 g/mol. The van der Waals surface area contributed by atoms with E-state index in [1.165, 1.54) is 0 Å². The molecule has 4 nitrogen and oxygen atoms in total. The number of hydrogen-bond acceptors (Lipinski definition) is 3. The van der Waals surface area contributed by atoms with Crippen LogP contribution in [0.1, 0.15) is 16.7 Å². The molecule has 2 aromatic rings. The molecule has 0 radical (unpaired) electrons. The Morgan fingerprint density at radius 1 is 1.06 bits per heavy atom. The van der Waals surface area contributed by atoms with Gasteiger partial charge in [0, 0.05) is 11.5 Å². The predicted octanol–water partition coefficient (Wildman–Crippen LogP) is 1.52. The summed E-state index contributed by atoms with van der Waals surface area (Å²) in [5.41, 5.74) is 1.95. The van der Waals surface area contributed by atoms with E-state index in [0.717, 1.165) is 22.8 Å². The zero-order valence-corrected chi connectivity index (χ0v) is 9.92. The van der Waals surface area contributed by atoms with Crippen LogP contribution in [0.2, 0.25) is 0 Å². The van der Waals surface area contributed by atoms with Crippen molar-refractivity contribution in [3.8, 4) is 5.75 Å². The second-order valence-electron chi connectivity index (χ2n) is 4.21. The Kier molecular flexibility index (Phi) is 2.50. The van der Waals surface area contributed by atoms with Gasteiger partial charge in [0.2, 0.25) is 5.43 Å². The minimum Gasteiger partial charge on any atom is -0.507 e. The van der Waals surface area contributed by atoms with Crippen molar-refractivity contribution in [2.24, 2.45) is 0 Å². The van der Waals surface area contributed by atoms with Crippen molar-refractivity contribution in [1.82, 2.24) is 4.98 Å². The van der Waals surface area contributed by atoms with Crippen LogP contribution in [0.25, 0.3) is 10.9 Å². The Hall–Kier alpha value is -2.10. The summed E-state index contributed by atoms with van der Waals surface area (Å²) in [5.74, 6) is -0.172. The highest BCUT2D eigenvalue weighted by atomic mass is 16.3. The third-order valence-corrected chi connectivity index (χ3v) is 3.17. The average Bonchev–Trinajstić information content (AvgIpc) is 2.37. The first-order chi connectivity index (χ1) is 7.91. The molecule has 4 heteroatoms. The predicted molar refractivity (Wildman–Crippen MR) is 66.7 cm³/mol. The number of hydrogen-bond donors (Lipinski definition) is 2. The summed E-state index contributed by atoms with van der Waals surface area (Å²) >= 11 is 0. The fourth-order valence-electron chi connectivity index (χ4n) is 1.89. The summed E-state index contributed by atoms with van der Waals surface area (Å²) in [6.45, 7) is 5.71. The molecule has 1 aromatic carbocycles. The van der Waals surface area contributed by atoms with Crippen LogP contribution in [0, 0.1) is 20.8 Å². The van der Waals surface area contributed by atoms with Crippen molar-refractivity contribution in [1.29, 1.82) is 0 Å². The minimum atomic E-state index is -0.742. The van der Waals surface area contributed by atoms with Crippen molar-refractivity contribution >= 4 is 10.9 Å². The Balaban J connectivity index is 3.19. The summed E-state index contributed by atoms with van der Waals surface area (Å²) in [5, 5.41) is 10.3. The molecule has 0 aliphatic rings. The lowest BCUT2D eigenvalue weighted by molar-refractivity contribution is 0.481. The minimum absolute atomic E-state index is 0.172. The first kappa shape index (κ1) is 11.4. The molecule has 0 aliphatic heterocycles. The van der Waals surface area contributed by atoms with E-state index in [9.17, 15) is 14.7 Å². The van der Waals surface area contributed by atoms with E-state index < -0.39 is 11.0 Å². The fraction of sp³-hybridized carbons (Fsp3) is 0.231. The molecule has 0 amide bonds. The highest BCUT2D eigenvalue weighted by Gasteiger charge is 2.08. The maximum atomic E-state index is 11.5. The Morgan fingerprint density at radius 3 is 2.35 bits per heavy atom.